The molecule has 0 bridgehead atoms. The van der Waals surface area contributed by atoms with Gasteiger partial charge in [0.1, 0.15) is 6.54 Å². The fraction of sp³-hybridized carbons (Fsp3) is 0.364. The lowest BCUT2D eigenvalue weighted by atomic mass is 9.85. The summed E-state index contributed by atoms with van der Waals surface area (Å²) in [6, 6.07) is 3.79. The molecule has 1 aliphatic carbocycles. The molecule has 1 saturated heterocycles. The van der Waals surface area contributed by atoms with E-state index in [1.165, 1.54) is 18.2 Å². The molecule has 0 spiro atoms. The lowest BCUT2D eigenvalue weighted by molar-refractivity contribution is -0.154. The van der Waals surface area contributed by atoms with Crippen molar-refractivity contribution in [2.24, 2.45) is 11.8 Å². The number of allylic oxidation sites excluding steroid dienone is 2. The number of rotatable bonds is 7. The highest BCUT2D eigenvalue weighted by Crippen LogP contribution is 2.34. The van der Waals surface area contributed by atoms with Crippen LogP contribution in [0.15, 0.2) is 30.4 Å². The molecule has 2 aliphatic rings. The first-order valence-corrected chi connectivity index (χ1v) is 10.0. The number of amides is 3. The predicted molar refractivity (Wildman–Crippen MR) is 111 cm³/mol. The standard InChI is InChI=1S/C22H22N2O9/c1-31-21(29)12-7-13(22(30)32-2)9-14(8-12)23-17(25)11-33-18(26)10-24-19(27)15-5-3-4-6-16(15)20(24)28/h3-4,7-9,15-16H,5-6,10-11H2,1-2H3,(H,23,25)/t15-,16-/m1/s1. The molecule has 1 fully saturated rings. The van der Waals surface area contributed by atoms with Crippen molar-refractivity contribution in [3.63, 3.8) is 0 Å². The Labute approximate surface area is 188 Å². The second-order valence-electron chi connectivity index (χ2n) is 7.41. The average Bonchev–Trinajstić information content (AvgIpc) is 3.06. The number of likely N-dealkylation sites (tertiary alicyclic amines) is 1. The van der Waals surface area contributed by atoms with Gasteiger partial charge in [0.2, 0.25) is 11.8 Å². The van der Waals surface area contributed by atoms with Crippen LogP contribution in [0, 0.1) is 11.8 Å². The number of esters is 3. The van der Waals surface area contributed by atoms with Gasteiger partial charge in [0.25, 0.3) is 5.91 Å². The van der Waals surface area contributed by atoms with Crippen LogP contribution in [-0.4, -0.2) is 67.9 Å². The van der Waals surface area contributed by atoms with E-state index in [0.29, 0.717) is 12.8 Å². The number of hydrogen-bond acceptors (Lipinski definition) is 9. The van der Waals surface area contributed by atoms with Gasteiger partial charge in [0.15, 0.2) is 6.61 Å². The molecule has 3 rings (SSSR count). The van der Waals surface area contributed by atoms with Crippen LogP contribution in [0.2, 0.25) is 0 Å². The number of fused-ring (bicyclic) bond motifs is 1. The van der Waals surface area contributed by atoms with Gasteiger partial charge in [-0.1, -0.05) is 12.2 Å². The maximum absolute atomic E-state index is 12.4. The molecule has 3 amide bonds. The second kappa shape index (κ2) is 10.1. The summed E-state index contributed by atoms with van der Waals surface area (Å²) in [6.45, 7) is -1.29. The van der Waals surface area contributed by atoms with Gasteiger partial charge in [-0.05, 0) is 31.0 Å². The van der Waals surface area contributed by atoms with Crippen molar-refractivity contribution in [2.45, 2.75) is 12.8 Å². The van der Waals surface area contributed by atoms with Gasteiger partial charge in [-0.2, -0.15) is 0 Å². The van der Waals surface area contributed by atoms with Crippen molar-refractivity contribution in [1.82, 2.24) is 4.90 Å². The molecule has 0 saturated carbocycles. The third-order valence-corrected chi connectivity index (χ3v) is 5.31. The topological polar surface area (TPSA) is 145 Å². The summed E-state index contributed by atoms with van der Waals surface area (Å²) < 4.78 is 14.1. The lowest BCUT2D eigenvalue weighted by Crippen LogP contribution is -2.37. The average molecular weight is 458 g/mol. The molecule has 174 valence electrons. The highest BCUT2D eigenvalue weighted by Gasteiger charge is 2.47. The van der Waals surface area contributed by atoms with Crippen LogP contribution in [0.5, 0.6) is 0 Å². The second-order valence-corrected chi connectivity index (χ2v) is 7.41. The largest absolute Gasteiger partial charge is 0.465 e. The zero-order valence-corrected chi connectivity index (χ0v) is 18.0. The number of methoxy groups -OCH3 is 2. The Morgan fingerprint density at radius 3 is 1.91 bits per heavy atom. The number of carbonyl (C=O) groups excluding carboxylic acids is 6. The summed E-state index contributed by atoms with van der Waals surface area (Å²) >= 11 is 0. The summed E-state index contributed by atoms with van der Waals surface area (Å²) in [4.78, 5) is 73.6. The quantitative estimate of drug-likeness (QED) is 0.270. The first-order chi connectivity index (χ1) is 15.7. The molecule has 11 heteroatoms. The third-order valence-electron chi connectivity index (χ3n) is 5.31. The molecular formula is C22H22N2O9. The Bertz CT molecular complexity index is 986. The van der Waals surface area contributed by atoms with Crippen molar-refractivity contribution in [2.75, 3.05) is 32.7 Å². The molecular weight excluding hydrogens is 436 g/mol. The first kappa shape index (κ1) is 23.6. The fourth-order valence-electron chi connectivity index (χ4n) is 3.71. The number of hydrogen-bond donors (Lipinski definition) is 1. The maximum atomic E-state index is 12.4. The first-order valence-electron chi connectivity index (χ1n) is 10.0. The molecule has 11 nitrogen and oxygen atoms in total. The summed E-state index contributed by atoms with van der Waals surface area (Å²) in [5.41, 5.74) is 0.0604. The van der Waals surface area contributed by atoms with Gasteiger partial charge < -0.3 is 19.5 Å². The van der Waals surface area contributed by atoms with Gasteiger partial charge in [-0.25, -0.2) is 9.59 Å². The Balaban J connectivity index is 1.58. The summed E-state index contributed by atoms with van der Waals surface area (Å²) in [5, 5.41) is 2.40. The highest BCUT2D eigenvalue weighted by atomic mass is 16.5. The smallest absolute Gasteiger partial charge is 0.337 e. The lowest BCUT2D eigenvalue weighted by Gasteiger charge is -2.14. The van der Waals surface area contributed by atoms with E-state index in [1.807, 2.05) is 12.2 Å². The van der Waals surface area contributed by atoms with Gasteiger partial charge in [-0.3, -0.25) is 24.1 Å². The van der Waals surface area contributed by atoms with Crippen molar-refractivity contribution in [3.05, 3.63) is 41.5 Å². The van der Waals surface area contributed by atoms with E-state index < -0.39 is 60.6 Å². The van der Waals surface area contributed by atoms with E-state index in [0.717, 1.165) is 19.1 Å². The fourth-order valence-corrected chi connectivity index (χ4v) is 3.71. The number of imide groups is 1. The van der Waals surface area contributed by atoms with Crippen LogP contribution < -0.4 is 5.32 Å². The van der Waals surface area contributed by atoms with E-state index in [2.05, 4.69) is 14.8 Å². The Morgan fingerprint density at radius 2 is 1.42 bits per heavy atom. The van der Waals surface area contributed by atoms with E-state index in [1.54, 1.807) is 0 Å². The van der Waals surface area contributed by atoms with Crippen LogP contribution in [-0.2, 0) is 33.4 Å². The number of anilines is 1. The van der Waals surface area contributed by atoms with Crippen molar-refractivity contribution < 1.29 is 43.0 Å². The number of carbonyl (C=O) groups is 6. The molecule has 1 aliphatic heterocycles. The van der Waals surface area contributed by atoms with Crippen molar-refractivity contribution >= 4 is 41.3 Å². The number of nitrogens with zero attached hydrogens (tertiary/aromatic N) is 1. The van der Waals surface area contributed by atoms with Gasteiger partial charge in [0, 0.05) is 5.69 Å². The third kappa shape index (κ3) is 5.25. The monoisotopic (exact) mass is 458 g/mol. The molecule has 2 atom stereocenters. The van der Waals surface area contributed by atoms with Gasteiger partial charge in [-0.15, -0.1) is 0 Å². The van der Waals surface area contributed by atoms with Crippen molar-refractivity contribution in [1.29, 1.82) is 0 Å². The van der Waals surface area contributed by atoms with Gasteiger partial charge in [0.05, 0.1) is 37.2 Å². The van der Waals surface area contributed by atoms with Crippen LogP contribution in [0.4, 0.5) is 5.69 Å². The highest BCUT2D eigenvalue weighted by molar-refractivity contribution is 6.07. The van der Waals surface area contributed by atoms with E-state index in [9.17, 15) is 28.8 Å². The summed E-state index contributed by atoms with van der Waals surface area (Å²) in [5.74, 6) is -4.95. The zero-order chi connectivity index (χ0) is 24.1. The molecule has 1 aromatic carbocycles. The van der Waals surface area contributed by atoms with Crippen LogP contribution >= 0.6 is 0 Å². The summed E-state index contributed by atoms with van der Waals surface area (Å²) in [7, 11) is 2.32. The van der Waals surface area contributed by atoms with E-state index >= 15 is 0 Å². The van der Waals surface area contributed by atoms with Gasteiger partial charge >= 0.3 is 17.9 Å². The molecule has 1 heterocycles. The van der Waals surface area contributed by atoms with Crippen LogP contribution in [0.25, 0.3) is 0 Å². The number of ether oxygens (including phenoxy) is 3. The molecule has 1 N–H and O–H groups in total. The molecule has 33 heavy (non-hydrogen) atoms. The van der Waals surface area contributed by atoms with Crippen molar-refractivity contribution in [3.8, 4) is 0 Å². The molecule has 0 unspecified atom stereocenters. The molecule has 0 radical (unpaired) electrons. The maximum Gasteiger partial charge on any atom is 0.337 e. The van der Waals surface area contributed by atoms with Crippen LogP contribution in [0.3, 0.4) is 0 Å². The summed E-state index contributed by atoms with van der Waals surface area (Å²) in [6.07, 6.45) is 4.56. The normalized spacial score (nSPS) is 19.0. The minimum Gasteiger partial charge on any atom is -0.465 e. The Hall–Kier alpha value is -4.02. The number of benzene rings is 1. The Morgan fingerprint density at radius 1 is 0.909 bits per heavy atom. The van der Waals surface area contributed by atoms with E-state index in [-0.39, 0.29) is 16.8 Å². The zero-order valence-electron chi connectivity index (χ0n) is 18.0. The minimum atomic E-state index is -0.919. The minimum absolute atomic E-state index is 0.00490. The Kier molecular flexibility index (Phi) is 7.21. The predicted octanol–water partition coefficient (Wildman–Crippen LogP) is 0.693. The molecule has 1 aromatic rings. The van der Waals surface area contributed by atoms with E-state index in [4.69, 9.17) is 4.74 Å². The molecule has 0 aromatic heterocycles. The SMILES string of the molecule is COC(=O)c1cc(NC(=O)COC(=O)CN2C(=O)[C@@H]3CC=CC[C@H]3C2=O)cc(C(=O)OC)c1. The van der Waals surface area contributed by atoms with Crippen LogP contribution in [0.1, 0.15) is 33.6 Å². The number of nitrogens with one attached hydrogen (secondary N) is 1.